The first kappa shape index (κ1) is 19.0. The Morgan fingerprint density at radius 1 is 0.964 bits per heavy atom. The molecule has 0 bridgehead atoms. The maximum atomic E-state index is 6.24. The quantitative estimate of drug-likeness (QED) is 0.598. The van der Waals surface area contributed by atoms with E-state index in [9.17, 15) is 0 Å². The van der Waals surface area contributed by atoms with E-state index in [1.165, 1.54) is 5.56 Å². The first-order chi connectivity index (χ1) is 13.6. The molecule has 0 radical (unpaired) electrons. The lowest BCUT2D eigenvalue weighted by atomic mass is 10.0. The molecule has 7 heteroatoms. The molecule has 1 aliphatic rings. The average Bonchev–Trinajstić information content (AvgIpc) is 2.88. The SMILES string of the molecule is COc1ccc(-c2nn(-c3cc(Cl)cc(Cl)c3)c3c2CCCCN3)cc1OC. The Labute approximate surface area is 174 Å². The predicted octanol–water partition coefficient (Wildman–Crippen LogP) is 5.61. The molecule has 0 saturated heterocycles. The first-order valence-electron chi connectivity index (χ1n) is 9.15. The van der Waals surface area contributed by atoms with Gasteiger partial charge in [0.1, 0.15) is 5.82 Å². The van der Waals surface area contributed by atoms with Crippen molar-refractivity contribution in [3.05, 3.63) is 52.0 Å². The van der Waals surface area contributed by atoms with Crippen LogP contribution in [0.3, 0.4) is 0 Å². The number of aromatic nitrogens is 2. The van der Waals surface area contributed by atoms with Crippen molar-refractivity contribution in [3.63, 3.8) is 0 Å². The van der Waals surface area contributed by atoms with E-state index in [0.29, 0.717) is 21.5 Å². The van der Waals surface area contributed by atoms with Gasteiger partial charge in [-0.1, -0.05) is 23.2 Å². The molecule has 4 rings (SSSR count). The first-order valence-corrected chi connectivity index (χ1v) is 9.91. The summed E-state index contributed by atoms with van der Waals surface area (Å²) in [6, 6.07) is 11.3. The zero-order chi connectivity index (χ0) is 19.7. The number of fused-ring (bicyclic) bond motifs is 1. The predicted molar refractivity (Wildman–Crippen MR) is 114 cm³/mol. The van der Waals surface area contributed by atoms with E-state index in [4.69, 9.17) is 37.8 Å². The molecule has 0 atom stereocenters. The molecule has 1 aliphatic heterocycles. The maximum Gasteiger partial charge on any atom is 0.161 e. The van der Waals surface area contributed by atoms with E-state index in [1.54, 1.807) is 20.3 Å². The van der Waals surface area contributed by atoms with Gasteiger partial charge in [0.15, 0.2) is 11.5 Å². The van der Waals surface area contributed by atoms with Crippen molar-refractivity contribution in [1.82, 2.24) is 9.78 Å². The molecule has 3 aromatic rings. The Balaban J connectivity index is 1.90. The van der Waals surface area contributed by atoms with Crippen molar-refractivity contribution < 1.29 is 9.47 Å². The van der Waals surface area contributed by atoms with Crippen LogP contribution in [-0.4, -0.2) is 30.5 Å². The highest BCUT2D eigenvalue weighted by atomic mass is 35.5. The summed E-state index contributed by atoms with van der Waals surface area (Å²) in [7, 11) is 3.27. The minimum absolute atomic E-state index is 0.577. The lowest BCUT2D eigenvalue weighted by Gasteiger charge is -2.10. The van der Waals surface area contributed by atoms with Crippen LogP contribution in [0, 0.1) is 0 Å². The van der Waals surface area contributed by atoms with Gasteiger partial charge in [-0.25, -0.2) is 4.68 Å². The molecule has 1 aromatic heterocycles. The zero-order valence-electron chi connectivity index (χ0n) is 15.8. The topological polar surface area (TPSA) is 48.3 Å². The van der Waals surface area contributed by atoms with Crippen LogP contribution in [0.2, 0.25) is 10.0 Å². The molecular weight excluding hydrogens is 397 g/mol. The lowest BCUT2D eigenvalue weighted by molar-refractivity contribution is 0.355. The molecule has 146 valence electrons. The van der Waals surface area contributed by atoms with Crippen molar-refractivity contribution in [1.29, 1.82) is 0 Å². The Hall–Kier alpha value is -2.37. The molecule has 2 aromatic carbocycles. The second kappa shape index (κ2) is 7.94. The van der Waals surface area contributed by atoms with Gasteiger partial charge in [-0.2, -0.15) is 5.10 Å². The van der Waals surface area contributed by atoms with Crippen LogP contribution >= 0.6 is 23.2 Å². The van der Waals surface area contributed by atoms with Gasteiger partial charge in [0, 0.05) is 27.7 Å². The Morgan fingerprint density at radius 3 is 2.43 bits per heavy atom. The summed E-state index contributed by atoms with van der Waals surface area (Å²) >= 11 is 12.5. The van der Waals surface area contributed by atoms with Crippen molar-refractivity contribution in [2.45, 2.75) is 19.3 Å². The summed E-state index contributed by atoms with van der Waals surface area (Å²) in [5.41, 5.74) is 3.90. The fraction of sp³-hybridized carbons (Fsp3) is 0.286. The van der Waals surface area contributed by atoms with Crippen molar-refractivity contribution >= 4 is 29.0 Å². The smallest absolute Gasteiger partial charge is 0.161 e. The molecule has 0 spiro atoms. The minimum atomic E-state index is 0.577. The number of benzene rings is 2. The normalized spacial score (nSPS) is 13.4. The number of nitrogens with zero attached hydrogens (tertiary/aromatic N) is 2. The highest BCUT2D eigenvalue weighted by Gasteiger charge is 2.23. The molecule has 0 fully saturated rings. The number of methoxy groups -OCH3 is 2. The van der Waals surface area contributed by atoms with Crippen LogP contribution in [0.25, 0.3) is 16.9 Å². The van der Waals surface area contributed by atoms with Crippen LogP contribution in [0.15, 0.2) is 36.4 Å². The summed E-state index contributed by atoms with van der Waals surface area (Å²) in [5, 5.41) is 9.61. The second-order valence-electron chi connectivity index (χ2n) is 6.67. The summed E-state index contributed by atoms with van der Waals surface area (Å²) in [5.74, 6) is 2.35. The largest absolute Gasteiger partial charge is 0.493 e. The van der Waals surface area contributed by atoms with Gasteiger partial charge in [-0.3, -0.25) is 0 Å². The van der Waals surface area contributed by atoms with Gasteiger partial charge in [0.2, 0.25) is 0 Å². The van der Waals surface area contributed by atoms with Gasteiger partial charge in [0.05, 0.1) is 25.6 Å². The molecular formula is C21H21Cl2N3O2. The third kappa shape index (κ3) is 3.52. The summed E-state index contributed by atoms with van der Waals surface area (Å²) in [6.45, 7) is 0.901. The summed E-state index contributed by atoms with van der Waals surface area (Å²) < 4.78 is 12.7. The van der Waals surface area contributed by atoms with Crippen molar-refractivity contribution in [2.75, 3.05) is 26.1 Å². The van der Waals surface area contributed by atoms with Crippen molar-refractivity contribution in [2.24, 2.45) is 0 Å². The number of halogens is 2. The van der Waals surface area contributed by atoms with Crippen LogP contribution in [-0.2, 0) is 6.42 Å². The molecule has 0 aliphatic carbocycles. The van der Waals surface area contributed by atoms with E-state index in [-0.39, 0.29) is 0 Å². The molecule has 0 amide bonds. The summed E-state index contributed by atoms with van der Waals surface area (Å²) in [4.78, 5) is 0. The Morgan fingerprint density at radius 2 is 1.71 bits per heavy atom. The second-order valence-corrected chi connectivity index (χ2v) is 7.54. The van der Waals surface area contributed by atoms with Crippen LogP contribution < -0.4 is 14.8 Å². The van der Waals surface area contributed by atoms with Gasteiger partial charge in [-0.05, 0) is 55.7 Å². The number of ether oxygens (including phenoxy) is 2. The molecule has 28 heavy (non-hydrogen) atoms. The van der Waals surface area contributed by atoms with Gasteiger partial charge >= 0.3 is 0 Å². The highest BCUT2D eigenvalue weighted by Crippen LogP contribution is 2.38. The Bertz CT molecular complexity index is 997. The van der Waals surface area contributed by atoms with E-state index in [0.717, 1.165) is 48.6 Å². The van der Waals surface area contributed by atoms with Crippen LogP contribution in [0.1, 0.15) is 18.4 Å². The van der Waals surface area contributed by atoms with Gasteiger partial charge in [-0.15, -0.1) is 0 Å². The number of nitrogens with one attached hydrogen (secondary N) is 1. The molecule has 0 unspecified atom stereocenters. The number of hydrogen-bond acceptors (Lipinski definition) is 4. The van der Waals surface area contributed by atoms with E-state index in [1.807, 2.05) is 35.0 Å². The van der Waals surface area contributed by atoms with E-state index >= 15 is 0 Å². The number of hydrogen-bond donors (Lipinski definition) is 1. The number of rotatable bonds is 4. The molecule has 5 nitrogen and oxygen atoms in total. The molecule has 1 N–H and O–H groups in total. The highest BCUT2D eigenvalue weighted by molar-refractivity contribution is 6.34. The maximum absolute atomic E-state index is 6.24. The molecule has 0 saturated carbocycles. The monoisotopic (exact) mass is 417 g/mol. The minimum Gasteiger partial charge on any atom is -0.493 e. The van der Waals surface area contributed by atoms with Gasteiger partial charge < -0.3 is 14.8 Å². The van der Waals surface area contributed by atoms with Crippen molar-refractivity contribution in [3.8, 4) is 28.4 Å². The fourth-order valence-electron chi connectivity index (χ4n) is 3.57. The molecule has 2 heterocycles. The zero-order valence-corrected chi connectivity index (χ0v) is 17.3. The van der Waals surface area contributed by atoms with E-state index < -0.39 is 0 Å². The Kier molecular flexibility index (Phi) is 5.38. The van der Waals surface area contributed by atoms with Gasteiger partial charge in [0.25, 0.3) is 0 Å². The standard InChI is InChI=1S/C21H21Cl2N3O2/c1-27-18-7-6-13(9-19(18)28-2)20-17-5-3-4-8-24-21(17)26(25-20)16-11-14(22)10-15(23)12-16/h6-7,9-12,24H,3-5,8H2,1-2H3. The average molecular weight is 418 g/mol. The fourth-order valence-corrected chi connectivity index (χ4v) is 4.08. The third-order valence-corrected chi connectivity index (χ3v) is 5.31. The lowest BCUT2D eigenvalue weighted by Crippen LogP contribution is -2.07. The number of anilines is 1. The van der Waals surface area contributed by atoms with Crippen LogP contribution in [0.4, 0.5) is 5.82 Å². The third-order valence-electron chi connectivity index (χ3n) is 4.88. The summed E-state index contributed by atoms with van der Waals surface area (Å²) in [6.07, 6.45) is 3.15. The van der Waals surface area contributed by atoms with Crippen LogP contribution in [0.5, 0.6) is 11.5 Å². The van der Waals surface area contributed by atoms with E-state index in [2.05, 4.69) is 5.32 Å².